The standard InChI is InChI=1S/C10H10NO4S/c1-8-2-4-10(5-3-8)16(14,15)11-6-9(13)7-12/h2-5,11H,6H2,1H3. The van der Waals surface area contributed by atoms with Gasteiger partial charge in [-0.1, -0.05) is 17.7 Å². The normalized spacial score (nSPS) is 11.1. The fourth-order valence-electron chi connectivity index (χ4n) is 0.997. The molecular weight excluding hydrogens is 230 g/mol. The number of benzene rings is 1. The third-order valence-corrected chi connectivity index (χ3v) is 3.29. The molecule has 0 fully saturated rings. The average molecular weight is 240 g/mol. The second-order valence-corrected chi connectivity index (χ2v) is 4.93. The van der Waals surface area contributed by atoms with Crippen LogP contribution in [0.25, 0.3) is 0 Å². The Hall–Kier alpha value is -1.53. The lowest BCUT2D eigenvalue weighted by atomic mass is 10.2. The van der Waals surface area contributed by atoms with Gasteiger partial charge in [-0.25, -0.2) is 13.1 Å². The van der Waals surface area contributed by atoms with Crippen molar-refractivity contribution in [1.29, 1.82) is 0 Å². The Kier molecular flexibility index (Phi) is 3.92. The number of carbonyl (C=O) groups excluding carboxylic acids is 2. The molecule has 0 atom stereocenters. The van der Waals surface area contributed by atoms with Crippen LogP contribution in [-0.4, -0.2) is 27.0 Å². The van der Waals surface area contributed by atoms with Crippen LogP contribution >= 0.6 is 0 Å². The summed E-state index contributed by atoms with van der Waals surface area (Å²) in [6, 6.07) is 6.13. The fraction of sp³-hybridized carbons (Fsp3) is 0.200. The highest BCUT2D eigenvalue weighted by molar-refractivity contribution is 7.89. The summed E-state index contributed by atoms with van der Waals surface area (Å²) < 4.78 is 25.1. The first kappa shape index (κ1) is 12.5. The van der Waals surface area contributed by atoms with Crippen LogP contribution in [0.3, 0.4) is 0 Å². The molecule has 0 aromatic heterocycles. The Morgan fingerprint density at radius 3 is 2.38 bits per heavy atom. The van der Waals surface area contributed by atoms with Crippen LogP contribution in [0.2, 0.25) is 0 Å². The molecule has 0 aliphatic carbocycles. The van der Waals surface area contributed by atoms with Gasteiger partial charge in [0, 0.05) is 0 Å². The minimum atomic E-state index is -3.73. The van der Waals surface area contributed by atoms with E-state index in [1.165, 1.54) is 12.1 Å². The second-order valence-electron chi connectivity index (χ2n) is 3.16. The van der Waals surface area contributed by atoms with Gasteiger partial charge in [0.25, 0.3) is 6.29 Å². The molecule has 16 heavy (non-hydrogen) atoms. The van der Waals surface area contributed by atoms with Gasteiger partial charge in [-0.2, -0.15) is 0 Å². The van der Waals surface area contributed by atoms with Crippen LogP contribution < -0.4 is 4.72 Å². The van der Waals surface area contributed by atoms with Gasteiger partial charge < -0.3 is 0 Å². The van der Waals surface area contributed by atoms with E-state index in [-0.39, 0.29) is 4.90 Å². The molecule has 0 unspecified atom stereocenters. The summed E-state index contributed by atoms with van der Waals surface area (Å²) in [5.74, 6) is -0.935. The zero-order chi connectivity index (χ0) is 12.2. The first-order valence-corrected chi connectivity index (χ1v) is 5.91. The summed E-state index contributed by atoms with van der Waals surface area (Å²) >= 11 is 0. The van der Waals surface area contributed by atoms with E-state index in [0.29, 0.717) is 0 Å². The van der Waals surface area contributed by atoms with Crippen LogP contribution in [-0.2, 0) is 19.6 Å². The van der Waals surface area contributed by atoms with E-state index < -0.39 is 22.4 Å². The first-order chi connectivity index (χ1) is 7.45. The van der Waals surface area contributed by atoms with Gasteiger partial charge in [-0.15, -0.1) is 0 Å². The quantitative estimate of drug-likeness (QED) is 0.732. The van der Waals surface area contributed by atoms with Crippen LogP contribution in [0.4, 0.5) is 0 Å². The fourth-order valence-corrected chi connectivity index (χ4v) is 1.98. The molecule has 6 heteroatoms. The lowest BCUT2D eigenvalue weighted by Crippen LogP contribution is -2.30. The maximum absolute atomic E-state index is 11.6. The van der Waals surface area contributed by atoms with Crippen molar-refractivity contribution in [3.8, 4) is 0 Å². The van der Waals surface area contributed by atoms with Gasteiger partial charge >= 0.3 is 0 Å². The van der Waals surface area contributed by atoms with Gasteiger partial charge in [-0.05, 0) is 19.1 Å². The number of rotatable bonds is 5. The van der Waals surface area contributed by atoms with Crippen LogP contribution in [0, 0.1) is 6.92 Å². The predicted molar refractivity (Wildman–Crippen MR) is 57.1 cm³/mol. The molecule has 1 radical (unpaired) electrons. The summed E-state index contributed by atoms with van der Waals surface area (Å²) in [5.41, 5.74) is 0.927. The summed E-state index contributed by atoms with van der Waals surface area (Å²) in [5, 5.41) is 0. The van der Waals surface area contributed by atoms with Gasteiger partial charge in [-0.3, -0.25) is 9.59 Å². The van der Waals surface area contributed by atoms with Gasteiger partial charge in [0.15, 0.2) is 0 Å². The van der Waals surface area contributed by atoms with Crippen molar-refractivity contribution in [2.75, 3.05) is 6.54 Å². The lowest BCUT2D eigenvalue weighted by Gasteiger charge is -2.04. The Morgan fingerprint density at radius 1 is 1.31 bits per heavy atom. The minimum Gasteiger partial charge on any atom is -0.289 e. The zero-order valence-electron chi connectivity index (χ0n) is 8.56. The molecule has 5 nitrogen and oxygen atoms in total. The molecule has 1 aromatic rings. The Morgan fingerprint density at radius 2 is 1.88 bits per heavy atom. The molecule has 0 aliphatic heterocycles. The van der Waals surface area contributed by atoms with Crippen LogP contribution in [0.1, 0.15) is 5.56 Å². The Balaban J connectivity index is 2.82. The summed E-state index contributed by atoms with van der Waals surface area (Å²) in [4.78, 5) is 20.5. The number of aryl methyl sites for hydroxylation is 1. The molecule has 0 spiro atoms. The number of sulfonamides is 1. The van der Waals surface area contributed by atoms with Crippen LogP contribution in [0.5, 0.6) is 0 Å². The predicted octanol–water partition coefficient (Wildman–Crippen LogP) is -0.0479. The molecule has 0 aliphatic rings. The maximum Gasteiger partial charge on any atom is 0.273 e. The van der Waals surface area contributed by atoms with E-state index in [1.54, 1.807) is 12.1 Å². The highest BCUT2D eigenvalue weighted by Gasteiger charge is 2.14. The number of ketones is 1. The van der Waals surface area contributed by atoms with E-state index in [1.807, 2.05) is 11.6 Å². The van der Waals surface area contributed by atoms with E-state index in [2.05, 4.69) is 0 Å². The molecule has 1 N–H and O–H groups in total. The molecule has 0 saturated heterocycles. The van der Waals surface area contributed by atoms with Crippen molar-refractivity contribution in [3.05, 3.63) is 29.8 Å². The molecule has 1 rings (SSSR count). The zero-order valence-corrected chi connectivity index (χ0v) is 9.37. The number of carbonyl (C=O) groups is 1. The lowest BCUT2D eigenvalue weighted by molar-refractivity contribution is -0.112. The van der Waals surface area contributed by atoms with Crippen molar-refractivity contribution >= 4 is 22.1 Å². The molecule has 1 aromatic carbocycles. The highest BCUT2D eigenvalue weighted by Crippen LogP contribution is 2.09. The SMILES string of the molecule is Cc1ccc(S(=O)(=O)NCC(=O)[C]=O)cc1. The van der Waals surface area contributed by atoms with Gasteiger partial charge in [0.2, 0.25) is 15.8 Å². The second kappa shape index (κ2) is 5.00. The number of hydrogen-bond donors (Lipinski definition) is 1. The Bertz CT molecular complexity index is 490. The average Bonchev–Trinajstić information content (AvgIpc) is 2.26. The first-order valence-electron chi connectivity index (χ1n) is 4.43. The molecule has 0 saturated carbocycles. The number of nitrogens with one attached hydrogen (secondary N) is 1. The summed E-state index contributed by atoms with van der Waals surface area (Å²) in [6.45, 7) is 1.26. The third kappa shape index (κ3) is 3.25. The van der Waals surface area contributed by atoms with Crippen LogP contribution in [0.15, 0.2) is 29.2 Å². The molecule has 85 valence electrons. The molecule has 0 amide bonds. The smallest absolute Gasteiger partial charge is 0.273 e. The van der Waals surface area contributed by atoms with Crippen molar-refractivity contribution in [2.24, 2.45) is 0 Å². The number of Topliss-reactive ketones (excluding diaryl/α,β-unsaturated/α-hetero) is 1. The van der Waals surface area contributed by atoms with Crippen molar-refractivity contribution in [1.82, 2.24) is 4.72 Å². The van der Waals surface area contributed by atoms with Gasteiger partial charge in [0.1, 0.15) is 0 Å². The largest absolute Gasteiger partial charge is 0.289 e. The van der Waals surface area contributed by atoms with Crippen molar-refractivity contribution < 1.29 is 18.0 Å². The summed E-state index contributed by atoms with van der Waals surface area (Å²) in [6.07, 6.45) is 1.08. The highest BCUT2D eigenvalue weighted by atomic mass is 32.2. The number of hydrogen-bond acceptors (Lipinski definition) is 4. The minimum absolute atomic E-state index is 0.0526. The van der Waals surface area contributed by atoms with Crippen molar-refractivity contribution in [2.45, 2.75) is 11.8 Å². The van der Waals surface area contributed by atoms with E-state index in [0.717, 1.165) is 11.8 Å². The topological polar surface area (TPSA) is 80.3 Å². The molecule has 0 bridgehead atoms. The monoisotopic (exact) mass is 240 g/mol. The molecular formula is C10H10NO4S. The van der Waals surface area contributed by atoms with E-state index >= 15 is 0 Å². The maximum atomic E-state index is 11.6. The third-order valence-electron chi connectivity index (χ3n) is 1.87. The van der Waals surface area contributed by atoms with E-state index in [9.17, 15) is 18.0 Å². The Labute approximate surface area is 93.5 Å². The van der Waals surface area contributed by atoms with Crippen molar-refractivity contribution in [3.63, 3.8) is 0 Å². The summed E-state index contributed by atoms with van der Waals surface area (Å²) in [7, 11) is -3.73. The van der Waals surface area contributed by atoms with Gasteiger partial charge in [0.05, 0.1) is 11.4 Å². The van der Waals surface area contributed by atoms with E-state index in [4.69, 9.17) is 0 Å². The molecule has 0 heterocycles.